The predicted octanol–water partition coefficient (Wildman–Crippen LogP) is 4.39. The van der Waals surface area contributed by atoms with Crippen molar-refractivity contribution >= 4 is 0 Å². The lowest BCUT2D eigenvalue weighted by atomic mass is 9.81. The van der Waals surface area contributed by atoms with Gasteiger partial charge in [-0.2, -0.15) is 13.2 Å². The summed E-state index contributed by atoms with van der Waals surface area (Å²) in [6, 6.07) is 2.67. The van der Waals surface area contributed by atoms with Gasteiger partial charge in [0.1, 0.15) is 0 Å². The molecule has 17 heavy (non-hydrogen) atoms. The average Bonchev–Trinajstić information content (AvgIpc) is 2.29. The molecule has 1 saturated carbocycles. The number of rotatable bonds is 1. The first kappa shape index (κ1) is 12.4. The first-order valence-corrected chi connectivity index (χ1v) is 6.00. The van der Waals surface area contributed by atoms with Crippen LogP contribution >= 0.6 is 0 Å². The highest BCUT2D eigenvalue weighted by molar-refractivity contribution is 5.19. The Morgan fingerprint density at radius 2 is 1.76 bits per heavy atom. The number of nitrogens with zero attached hydrogens (tertiary/aromatic N) is 1. The fourth-order valence-corrected chi connectivity index (χ4v) is 2.37. The average molecular weight is 243 g/mol. The summed E-state index contributed by atoms with van der Waals surface area (Å²) >= 11 is 0. The van der Waals surface area contributed by atoms with Crippen LogP contribution in [-0.4, -0.2) is 4.98 Å². The maximum atomic E-state index is 12.4. The van der Waals surface area contributed by atoms with Crippen LogP contribution in [0.2, 0.25) is 0 Å². The van der Waals surface area contributed by atoms with E-state index in [1.807, 2.05) is 0 Å². The van der Waals surface area contributed by atoms with Crippen LogP contribution in [0.5, 0.6) is 0 Å². The van der Waals surface area contributed by atoms with Crippen molar-refractivity contribution in [2.75, 3.05) is 0 Å². The molecule has 2 rings (SSSR count). The van der Waals surface area contributed by atoms with Gasteiger partial charge in [-0.05, 0) is 30.9 Å². The normalized spacial score (nSPS) is 25.9. The molecule has 1 nitrogen and oxygen atoms in total. The second kappa shape index (κ2) is 4.67. The Morgan fingerprint density at radius 3 is 2.24 bits per heavy atom. The largest absolute Gasteiger partial charge is 0.417 e. The number of pyridine rings is 1. The Hall–Kier alpha value is -1.06. The zero-order chi connectivity index (χ0) is 12.5. The van der Waals surface area contributed by atoms with Gasteiger partial charge in [-0.25, -0.2) is 0 Å². The van der Waals surface area contributed by atoms with Gasteiger partial charge >= 0.3 is 6.18 Å². The zero-order valence-corrected chi connectivity index (χ0v) is 9.80. The molecule has 0 atom stereocenters. The fourth-order valence-electron chi connectivity index (χ4n) is 2.37. The van der Waals surface area contributed by atoms with Gasteiger partial charge in [0, 0.05) is 17.8 Å². The third-order valence-electron chi connectivity index (χ3n) is 3.55. The molecule has 0 unspecified atom stereocenters. The zero-order valence-electron chi connectivity index (χ0n) is 9.80. The number of aromatic nitrogens is 1. The van der Waals surface area contributed by atoms with E-state index in [0.717, 1.165) is 49.6 Å². The standard InChI is InChI=1S/C13H16F3N/c1-9-2-4-10(5-3-9)12-7-6-11(8-17-12)13(14,15)16/h6-10H,2-5H2,1H3. The summed E-state index contributed by atoms with van der Waals surface area (Å²) < 4.78 is 37.1. The molecule has 0 saturated heterocycles. The summed E-state index contributed by atoms with van der Waals surface area (Å²) in [4.78, 5) is 3.97. The molecule has 0 aliphatic heterocycles. The minimum Gasteiger partial charge on any atom is -0.260 e. The van der Waals surface area contributed by atoms with Crippen molar-refractivity contribution in [1.29, 1.82) is 0 Å². The number of hydrogen-bond acceptors (Lipinski definition) is 1. The second-order valence-electron chi connectivity index (χ2n) is 4.93. The summed E-state index contributed by atoms with van der Waals surface area (Å²) in [5, 5.41) is 0. The summed E-state index contributed by atoms with van der Waals surface area (Å²) in [5.74, 6) is 1.08. The quantitative estimate of drug-likeness (QED) is 0.712. The highest BCUT2D eigenvalue weighted by atomic mass is 19.4. The SMILES string of the molecule is CC1CCC(c2ccc(C(F)(F)F)cn2)CC1. The maximum Gasteiger partial charge on any atom is 0.417 e. The van der Waals surface area contributed by atoms with E-state index < -0.39 is 11.7 Å². The van der Waals surface area contributed by atoms with E-state index in [-0.39, 0.29) is 0 Å². The van der Waals surface area contributed by atoms with Gasteiger partial charge in [0.15, 0.2) is 0 Å². The molecular formula is C13H16F3N. The number of alkyl halides is 3. The molecule has 0 spiro atoms. The van der Waals surface area contributed by atoms with Gasteiger partial charge in [-0.1, -0.05) is 19.8 Å². The Bertz CT molecular complexity index is 361. The van der Waals surface area contributed by atoms with Crippen LogP contribution in [0.25, 0.3) is 0 Å². The van der Waals surface area contributed by atoms with Crippen LogP contribution < -0.4 is 0 Å². The minimum atomic E-state index is -4.29. The van der Waals surface area contributed by atoms with Gasteiger partial charge in [0.25, 0.3) is 0 Å². The van der Waals surface area contributed by atoms with E-state index in [0.29, 0.717) is 5.92 Å². The Morgan fingerprint density at radius 1 is 1.12 bits per heavy atom. The molecule has 1 aromatic heterocycles. The summed E-state index contributed by atoms with van der Waals surface area (Å²) in [7, 11) is 0. The topological polar surface area (TPSA) is 12.9 Å². The lowest BCUT2D eigenvalue weighted by Gasteiger charge is -2.25. The van der Waals surface area contributed by atoms with Gasteiger partial charge in [0.05, 0.1) is 5.56 Å². The van der Waals surface area contributed by atoms with E-state index in [1.54, 1.807) is 0 Å². The summed E-state index contributed by atoms with van der Waals surface area (Å²) in [6.45, 7) is 2.22. The smallest absolute Gasteiger partial charge is 0.260 e. The van der Waals surface area contributed by atoms with Gasteiger partial charge in [-0.3, -0.25) is 4.98 Å². The highest BCUT2D eigenvalue weighted by Crippen LogP contribution is 2.35. The molecule has 0 radical (unpaired) electrons. The molecule has 0 bridgehead atoms. The molecule has 1 aromatic rings. The Kier molecular flexibility index (Phi) is 3.40. The first-order valence-electron chi connectivity index (χ1n) is 6.00. The molecule has 94 valence electrons. The maximum absolute atomic E-state index is 12.4. The van der Waals surface area contributed by atoms with Crippen molar-refractivity contribution in [3.05, 3.63) is 29.6 Å². The minimum absolute atomic E-state index is 0.341. The van der Waals surface area contributed by atoms with E-state index in [9.17, 15) is 13.2 Å². The van der Waals surface area contributed by atoms with E-state index in [2.05, 4.69) is 11.9 Å². The van der Waals surface area contributed by atoms with E-state index in [1.165, 1.54) is 6.07 Å². The third-order valence-corrected chi connectivity index (χ3v) is 3.55. The second-order valence-corrected chi connectivity index (χ2v) is 4.93. The lowest BCUT2D eigenvalue weighted by Crippen LogP contribution is -2.13. The van der Waals surface area contributed by atoms with Gasteiger partial charge < -0.3 is 0 Å². The van der Waals surface area contributed by atoms with Crippen LogP contribution in [0.15, 0.2) is 18.3 Å². The highest BCUT2D eigenvalue weighted by Gasteiger charge is 2.31. The van der Waals surface area contributed by atoms with Crippen LogP contribution in [-0.2, 0) is 6.18 Å². The molecule has 1 aliphatic rings. The Labute approximate surface area is 99.1 Å². The molecule has 1 fully saturated rings. The van der Waals surface area contributed by atoms with Crippen molar-refractivity contribution < 1.29 is 13.2 Å². The predicted molar refractivity (Wildman–Crippen MR) is 59.6 cm³/mol. The lowest BCUT2D eigenvalue weighted by molar-refractivity contribution is -0.137. The molecular weight excluding hydrogens is 227 g/mol. The van der Waals surface area contributed by atoms with E-state index >= 15 is 0 Å². The number of hydrogen-bond donors (Lipinski definition) is 0. The molecule has 1 aliphatic carbocycles. The molecule has 0 aromatic carbocycles. The summed E-state index contributed by atoms with van der Waals surface area (Å²) in [5.41, 5.74) is 0.148. The van der Waals surface area contributed by atoms with Crippen molar-refractivity contribution in [3.63, 3.8) is 0 Å². The van der Waals surface area contributed by atoms with Crippen molar-refractivity contribution in [3.8, 4) is 0 Å². The van der Waals surface area contributed by atoms with Crippen molar-refractivity contribution in [2.45, 2.75) is 44.7 Å². The molecule has 0 N–H and O–H groups in total. The van der Waals surface area contributed by atoms with Gasteiger partial charge in [0.2, 0.25) is 0 Å². The summed E-state index contributed by atoms with van der Waals surface area (Å²) in [6.07, 6.45) is 1.04. The number of halogens is 3. The Balaban J connectivity index is 2.08. The fraction of sp³-hybridized carbons (Fsp3) is 0.615. The molecule has 1 heterocycles. The molecule has 4 heteroatoms. The third kappa shape index (κ3) is 2.99. The first-order chi connectivity index (χ1) is 7.97. The monoisotopic (exact) mass is 243 g/mol. The van der Waals surface area contributed by atoms with E-state index in [4.69, 9.17) is 0 Å². The van der Waals surface area contributed by atoms with Crippen LogP contribution in [0.4, 0.5) is 13.2 Å². The van der Waals surface area contributed by atoms with Crippen LogP contribution in [0.3, 0.4) is 0 Å². The van der Waals surface area contributed by atoms with Crippen molar-refractivity contribution in [1.82, 2.24) is 4.98 Å². The van der Waals surface area contributed by atoms with Gasteiger partial charge in [-0.15, -0.1) is 0 Å². The van der Waals surface area contributed by atoms with Crippen LogP contribution in [0, 0.1) is 5.92 Å². The van der Waals surface area contributed by atoms with Crippen LogP contribution in [0.1, 0.15) is 49.8 Å². The molecule has 0 amide bonds. The van der Waals surface area contributed by atoms with Crippen molar-refractivity contribution in [2.24, 2.45) is 5.92 Å².